The first kappa shape index (κ1) is 13.4. The van der Waals surface area contributed by atoms with E-state index in [1.807, 2.05) is 0 Å². The molecular formula is C16H26N2. The molecule has 2 nitrogen and oxygen atoms in total. The molecule has 1 N–H and O–H groups in total. The molecule has 1 heterocycles. The second-order valence-corrected chi connectivity index (χ2v) is 5.13. The van der Waals surface area contributed by atoms with Crippen molar-refractivity contribution < 1.29 is 0 Å². The number of piperidine rings is 1. The van der Waals surface area contributed by atoms with Crippen LogP contribution in [0.4, 0.5) is 5.69 Å². The molecule has 1 saturated heterocycles. The van der Waals surface area contributed by atoms with Gasteiger partial charge in [-0.1, -0.05) is 32.0 Å². The minimum absolute atomic E-state index is 0.494. The molecule has 2 rings (SSSR count). The van der Waals surface area contributed by atoms with Crippen molar-refractivity contribution in [3.8, 4) is 0 Å². The number of para-hydroxylation sites is 1. The van der Waals surface area contributed by atoms with E-state index in [1.165, 1.54) is 43.6 Å². The fourth-order valence-corrected chi connectivity index (χ4v) is 2.93. The van der Waals surface area contributed by atoms with Crippen LogP contribution >= 0.6 is 0 Å². The monoisotopic (exact) mass is 246 g/mol. The van der Waals surface area contributed by atoms with Crippen LogP contribution in [0.25, 0.3) is 0 Å². The minimum Gasteiger partial charge on any atom is -0.371 e. The molecule has 1 aliphatic rings. The molecule has 18 heavy (non-hydrogen) atoms. The Bertz CT molecular complexity index is 332. The molecule has 1 fully saturated rings. The van der Waals surface area contributed by atoms with E-state index in [-0.39, 0.29) is 0 Å². The van der Waals surface area contributed by atoms with Gasteiger partial charge in [-0.15, -0.1) is 0 Å². The zero-order chi connectivity index (χ0) is 12.8. The van der Waals surface area contributed by atoms with E-state index < -0.39 is 0 Å². The van der Waals surface area contributed by atoms with E-state index in [0.29, 0.717) is 6.04 Å². The molecule has 100 valence electrons. The van der Waals surface area contributed by atoms with Gasteiger partial charge >= 0.3 is 0 Å². The molecule has 1 aliphatic heterocycles. The zero-order valence-electron chi connectivity index (χ0n) is 11.8. The summed E-state index contributed by atoms with van der Waals surface area (Å²) < 4.78 is 0. The summed E-state index contributed by atoms with van der Waals surface area (Å²) in [6, 6.07) is 9.42. The second-order valence-electron chi connectivity index (χ2n) is 5.13. The lowest BCUT2D eigenvalue weighted by Crippen LogP contribution is -2.31. The summed E-state index contributed by atoms with van der Waals surface area (Å²) in [6.45, 7) is 7.93. The van der Waals surface area contributed by atoms with Gasteiger partial charge in [0, 0.05) is 24.8 Å². The Morgan fingerprint density at radius 1 is 1.11 bits per heavy atom. The van der Waals surface area contributed by atoms with Gasteiger partial charge in [0.25, 0.3) is 0 Å². The van der Waals surface area contributed by atoms with Crippen molar-refractivity contribution in [3.05, 3.63) is 29.8 Å². The molecule has 0 amide bonds. The van der Waals surface area contributed by atoms with Gasteiger partial charge in [-0.2, -0.15) is 0 Å². The van der Waals surface area contributed by atoms with Crippen molar-refractivity contribution in [2.45, 2.75) is 45.6 Å². The summed E-state index contributed by atoms with van der Waals surface area (Å²) in [5.41, 5.74) is 2.92. The number of anilines is 1. The van der Waals surface area contributed by atoms with Crippen LogP contribution in [0.5, 0.6) is 0 Å². The molecule has 1 unspecified atom stereocenters. The standard InChI is InChI=1S/C16H26N2/c1-3-15(17-4-2)14-10-6-7-11-16(14)18-12-8-5-9-13-18/h6-7,10-11,15,17H,3-5,8-9,12-13H2,1-2H3. The third-order valence-electron chi connectivity index (χ3n) is 3.87. The van der Waals surface area contributed by atoms with Gasteiger partial charge in [-0.3, -0.25) is 0 Å². The molecule has 0 aromatic heterocycles. The Hall–Kier alpha value is -1.02. The lowest BCUT2D eigenvalue weighted by molar-refractivity contribution is 0.529. The van der Waals surface area contributed by atoms with Crippen LogP contribution in [0.3, 0.4) is 0 Å². The summed E-state index contributed by atoms with van der Waals surface area (Å²) in [5.74, 6) is 0. The quantitative estimate of drug-likeness (QED) is 0.851. The van der Waals surface area contributed by atoms with E-state index in [0.717, 1.165) is 13.0 Å². The maximum Gasteiger partial charge on any atom is 0.0414 e. The van der Waals surface area contributed by atoms with Crippen molar-refractivity contribution in [1.29, 1.82) is 0 Å². The number of benzene rings is 1. The molecule has 1 aromatic rings. The summed E-state index contributed by atoms with van der Waals surface area (Å²) in [7, 11) is 0. The lowest BCUT2D eigenvalue weighted by atomic mass is 10.00. The van der Waals surface area contributed by atoms with Gasteiger partial charge in [0.15, 0.2) is 0 Å². The SMILES string of the molecule is CCNC(CC)c1ccccc1N1CCCCC1. The first-order valence-electron chi connectivity index (χ1n) is 7.44. The summed E-state index contributed by atoms with van der Waals surface area (Å²) in [4.78, 5) is 2.57. The number of rotatable bonds is 5. The first-order valence-corrected chi connectivity index (χ1v) is 7.44. The zero-order valence-corrected chi connectivity index (χ0v) is 11.8. The van der Waals surface area contributed by atoms with E-state index in [1.54, 1.807) is 0 Å². The van der Waals surface area contributed by atoms with Gasteiger partial charge < -0.3 is 10.2 Å². The summed E-state index contributed by atoms with van der Waals surface area (Å²) >= 11 is 0. The molecule has 0 spiro atoms. The van der Waals surface area contributed by atoms with E-state index in [4.69, 9.17) is 0 Å². The van der Waals surface area contributed by atoms with Crippen molar-refractivity contribution in [1.82, 2.24) is 5.32 Å². The number of nitrogens with one attached hydrogen (secondary N) is 1. The van der Waals surface area contributed by atoms with Crippen LogP contribution in [0.15, 0.2) is 24.3 Å². The summed E-state index contributed by atoms with van der Waals surface area (Å²) in [5, 5.41) is 3.60. The number of hydrogen-bond donors (Lipinski definition) is 1. The van der Waals surface area contributed by atoms with E-state index in [2.05, 4.69) is 48.3 Å². The van der Waals surface area contributed by atoms with Crippen LogP contribution in [0, 0.1) is 0 Å². The highest BCUT2D eigenvalue weighted by Crippen LogP contribution is 2.30. The average molecular weight is 246 g/mol. The molecular weight excluding hydrogens is 220 g/mol. The maximum absolute atomic E-state index is 3.60. The highest BCUT2D eigenvalue weighted by Gasteiger charge is 2.18. The first-order chi connectivity index (χ1) is 8.86. The van der Waals surface area contributed by atoms with E-state index in [9.17, 15) is 0 Å². The Labute approximate surface area is 111 Å². The lowest BCUT2D eigenvalue weighted by Gasteiger charge is -2.32. The summed E-state index contributed by atoms with van der Waals surface area (Å²) in [6.07, 6.45) is 5.22. The highest BCUT2D eigenvalue weighted by molar-refractivity contribution is 5.55. The predicted octanol–water partition coefficient (Wildman–Crippen LogP) is 3.74. The van der Waals surface area contributed by atoms with Crippen molar-refractivity contribution in [2.75, 3.05) is 24.5 Å². The van der Waals surface area contributed by atoms with Crippen LogP contribution in [-0.4, -0.2) is 19.6 Å². The highest BCUT2D eigenvalue weighted by atomic mass is 15.1. The molecule has 0 aliphatic carbocycles. The van der Waals surface area contributed by atoms with Crippen molar-refractivity contribution in [3.63, 3.8) is 0 Å². The molecule has 1 aromatic carbocycles. The molecule has 0 saturated carbocycles. The number of hydrogen-bond acceptors (Lipinski definition) is 2. The van der Waals surface area contributed by atoms with E-state index >= 15 is 0 Å². The third-order valence-corrected chi connectivity index (χ3v) is 3.87. The van der Waals surface area contributed by atoms with Gasteiger partial charge in [-0.25, -0.2) is 0 Å². The average Bonchev–Trinajstić information content (AvgIpc) is 2.46. The number of nitrogens with zero attached hydrogens (tertiary/aromatic N) is 1. The normalized spacial score (nSPS) is 17.8. The third kappa shape index (κ3) is 3.05. The second kappa shape index (κ2) is 6.79. The van der Waals surface area contributed by atoms with Crippen LogP contribution in [0.2, 0.25) is 0 Å². The smallest absolute Gasteiger partial charge is 0.0414 e. The topological polar surface area (TPSA) is 15.3 Å². The largest absolute Gasteiger partial charge is 0.371 e. The van der Waals surface area contributed by atoms with Crippen molar-refractivity contribution in [2.24, 2.45) is 0 Å². The molecule has 0 radical (unpaired) electrons. The van der Waals surface area contributed by atoms with Gasteiger partial charge in [-0.05, 0) is 43.9 Å². The predicted molar refractivity (Wildman–Crippen MR) is 79.2 cm³/mol. The Kier molecular flexibility index (Phi) is 5.06. The fourth-order valence-electron chi connectivity index (χ4n) is 2.93. The molecule has 1 atom stereocenters. The Morgan fingerprint density at radius 2 is 1.83 bits per heavy atom. The Balaban J connectivity index is 2.23. The minimum atomic E-state index is 0.494. The van der Waals surface area contributed by atoms with Gasteiger partial charge in [0.05, 0.1) is 0 Å². The van der Waals surface area contributed by atoms with Gasteiger partial charge in [0.1, 0.15) is 0 Å². The van der Waals surface area contributed by atoms with Crippen LogP contribution in [0.1, 0.15) is 51.1 Å². The maximum atomic E-state index is 3.60. The van der Waals surface area contributed by atoms with Gasteiger partial charge in [0.2, 0.25) is 0 Å². The fraction of sp³-hybridized carbons (Fsp3) is 0.625. The van der Waals surface area contributed by atoms with Crippen LogP contribution < -0.4 is 10.2 Å². The molecule has 2 heteroatoms. The molecule has 0 bridgehead atoms. The van der Waals surface area contributed by atoms with Crippen LogP contribution in [-0.2, 0) is 0 Å². The van der Waals surface area contributed by atoms with Crippen molar-refractivity contribution >= 4 is 5.69 Å². The Morgan fingerprint density at radius 3 is 2.50 bits per heavy atom.